The number of hydrogen-bond donors (Lipinski definition) is 1. The quantitative estimate of drug-likeness (QED) is 0.563. The van der Waals surface area contributed by atoms with Gasteiger partial charge in [-0.2, -0.15) is 0 Å². The zero-order valence-electron chi connectivity index (χ0n) is 12.1. The molecule has 0 aliphatic rings. The summed E-state index contributed by atoms with van der Waals surface area (Å²) in [6.45, 7) is 8.37. The Labute approximate surface area is 139 Å². The molecule has 1 nitrogen and oxygen atoms in total. The normalized spacial score (nSPS) is 10.8. The third-order valence-corrected chi connectivity index (χ3v) is 5.38. The van der Waals surface area contributed by atoms with Crippen LogP contribution in [0.3, 0.4) is 0 Å². The molecule has 0 spiro atoms. The standard InChI is InChI=1S/C19H16ClNS/c1-12(14-7-9-15(21)10-8-14)11-13(2)19-18(20)16-5-3-4-6-17(16)22-19/h3-10H,1-2,11,21H2. The van der Waals surface area contributed by atoms with Crippen LogP contribution < -0.4 is 5.73 Å². The van der Waals surface area contributed by atoms with Crippen molar-refractivity contribution in [2.75, 3.05) is 5.73 Å². The molecule has 0 atom stereocenters. The number of allylic oxidation sites excluding steroid dienone is 2. The second-order valence-corrected chi connectivity index (χ2v) is 6.68. The van der Waals surface area contributed by atoms with Crippen LogP contribution in [0.25, 0.3) is 21.2 Å². The van der Waals surface area contributed by atoms with E-state index in [0.717, 1.165) is 37.7 Å². The number of halogens is 1. The number of anilines is 1. The van der Waals surface area contributed by atoms with Gasteiger partial charge in [0.2, 0.25) is 0 Å². The molecule has 22 heavy (non-hydrogen) atoms. The summed E-state index contributed by atoms with van der Waals surface area (Å²) in [7, 11) is 0. The van der Waals surface area contributed by atoms with Crippen molar-refractivity contribution in [3.05, 3.63) is 77.2 Å². The third kappa shape index (κ3) is 2.80. The average Bonchev–Trinajstić information content (AvgIpc) is 2.85. The highest BCUT2D eigenvalue weighted by atomic mass is 35.5. The summed E-state index contributed by atoms with van der Waals surface area (Å²) in [5, 5.41) is 1.87. The fourth-order valence-corrected chi connectivity index (χ4v) is 3.93. The molecule has 0 aliphatic carbocycles. The van der Waals surface area contributed by atoms with Gasteiger partial charge in [-0.05, 0) is 41.3 Å². The minimum atomic E-state index is 0.691. The summed E-state index contributed by atoms with van der Waals surface area (Å²) < 4.78 is 1.18. The van der Waals surface area contributed by atoms with Gasteiger partial charge in [-0.15, -0.1) is 11.3 Å². The van der Waals surface area contributed by atoms with Crippen LogP contribution in [0.4, 0.5) is 5.69 Å². The van der Waals surface area contributed by atoms with Crippen molar-refractivity contribution in [1.82, 2.24) is 0 Å². The van der Waals surface area contributed by atoms with Crippen LogP contribution in [0.2, 0.25) is 5.02 Å². The van der Waals surface area contributed by atoms with Crippen molar-refractivity contribution in [3.8, 4) is 0 Å². The summed E-state index contributed by atoms with van der Waals surface area (Å²) >= 11 is 8.18. The van der Waals surface area contributed by atoms with Crippen molar-refractivity contribution in [1.29, 1.82) is 0 Å². The van der Waals surface area contributed by atoms with Crippen molar-refractivity contribution in [3.63, 3.8) is 0 Å². The second kappa shape index (κ2) is 5.99. The first-order chi connectivity index (χ1) is 10.6. The Morgan fingerprint density at radius 2 is 1.68 bits per heavy atom. The monoisotopic (exact) mass is 325 g/mol. The van der Waals surface area contributed by atoms with Gasteiger partial charge in [0, 0.05) is 20.7 Å². The maximum absolute atomic E-state index is 6.51. The first kappa shape index (κ1) is 14.9. The molecule has 0 aliphatic heterocycles. The van der Waals surface area contributed by atoms with E-state index in [1.165, 1.54) is 4.70 Å². The van der Waals surface area contributed by atoms with Crippen molar-refractivity contribution in [2.45, 2.75) is 6.42 Å². The lowest BCUT2D eigenvalue weighted by Gasteiger charge is -2.08. The summed E-state index contributed by atoms with van der Waals surface area (Å²) in [5.74, 6) is 0. The predicted molar refractivity (Wildman–Crippen MR) is 100 cm³/mol. The van der Waals surface area contributed by atoms with Gasteiger partial charge in [0.25, 0.3) is 0 Å². The SMILES string of the molecule is C=C(CC(=C)c1sc2ccccc2c1Cl)c1ccc(N)cc1. The Morgan fingerprint density at radius 3 is 2.36 bits per heavy atom. The zero-order chi connectivity index (χ0) is 15.7. The van der Waals surface area contributed by atoms with Crippen LogP contribution in [0, 0.1) is 0 Å². The largest absolute Gasteiger partial charge is 0.399 e. The number of nitrogen functional groups attached to an aromatic ring is 1. The van der Waals surface area contributed by atoms with E-state index in [4.69, 9.17) is 17.3 Å². The minimum Gasteiger partial charge on any atom is -0.399 e. The van der Waals surface area contributed by atoms with E-state index in [9.17, 15) is 0 Å². The fraction of sp³-hybridized carbons (Fsp3) is 0.0526. The van der Waals surface area contributed by atoms with E-state index < -0.39 is 0 Å². The number of hydrogen-bond acceptors (Lipinski definition) is 2. The molecule has 3 heteroatoms. The van der Waals surface area contributed by atoms with Gasteiger partial charge in [-0.25, -0.2) is 0 Å². The van der Waals surface area contributed by atoms with Crippen LogP contribution in [0.15, 0.2) is 61.7 Å². The number of nitrogens with two attached hydrogens (primary N) is 1. The van der Waals surface area contributed by atoms with Crippen LogP contribution in [0.1, 0.15) is 16.9 Å². The molecule has 3 rings (SSSR count). The highest BCUT2D eigenvalue weighted by Crippen LogP contribution is 2.41. The number of rotatable bonds is 4. The fourth-order valence-electron chi connectivity index (χ4n) is 2.40. The second-order valence-electron chi connectivity index (χ2n) is 5.25. The van der Waals surface area contributed by atoms with Crippen LogP contribution >= 0.6 is 22.9 Å². The van der Waals surface area contributed by atoms with Gasteiger partial charge in [-0.1, -0.05) is 55.1 Å². The third-order valence-electron chi connectivity index (χ3n) is 3.60. The number of thiophene rings is 1. The van der Waals surface area contributed by atoms with Crippen molar-refractivity contribution < 1.29 is 0 Å². The molecule has 0 amide bonds. The molecule has 110 valence electrons. The van der Waals surface area contributed by atoms with Crippen LogP contribution in [0.5, 0.6) is 0 Å². The van der Waals surface area contributed by atoms with Crippen LogP contribution in [-0.2, 0) is 0 Å². The van der Waals surface area contributed by atoms with E-state index in [2.05, 4.69) is 19.2 Å². The van der Waals surface area contributed by atoms with E-state index in [1.807, 2.05) is 42.5 Å². The minimum absolute atomic E-state index is 0.691. The summed E-state index contributed by atoms with van der Waals surface area (Å²) in [4.78, 5) is 1.04. The van der Waals surface area contributed by atoms with Crippen molar-refractivity contribution >= 4 is 49.9 Å². The Kier molecular flexibility index (Phi) is 4.06. The number of fused-ring (bicyclic) bond motifs is 1. The lowest BCUT2D eigenvalue weighted by molar-refractivity contribution is 1.43. The Hall–Kier alpha value is -2.03. The molecule has 0 bridgehead atoms. The molecule has 1 aromatic heterocycles. The highest BCUT2D eigenvalue weighted by molar-refractivity contribution is 7.20. The highest BCUT2D eigenvalue weighted by Gasteiger charge is 2.13. The lowest BCUT2D eigenvalue weighted by atomic mass is 9.99. The van der Waals surface area contributed by atoms with E-state index in [-0.39, 0.29) is 0 Å². The molecular weight excluding hydrogens is 310 g/mol. The maximum Gasteiger partial charge on any atom is 0.0667 e. The predicted octanol–water partition coefficient (Wildman–Crippen LogP) is 6.25. The molecule has 1 heterocycles. The average molecular weight is 326 g/mol. The Morgan fingerprint density at radius 1 is 1.00 bits per heavy atom. The molecule has 0 radical (unpaired) electrons. The Bertz CT molecular complexity index is 859. The molecule has 3 aromatic rings. The lowest BCUT2D eigenvalue weighted by Crippen LogP contribution is -1.88. The summed E-state index contributed by atoms with van der Waals surface area (Å²) in [6, 6.07) is 15.9. The van der Waals surface area contributed by atoms with Gasteiger partial charge in [0.05, 0.1) is 5.02 Å². The Balaban J connectivity index is 1.85. The molecule has 0 fully saturated rings. The van der Waals surface area contributed by atoms with Crippen molar-refractivity contribution in [2.24, 2.45) is 0 Å². The van der Waals surface area contributed by atoms with Gasteiger partial charge in [0.15, 0.2) is 0 Å². The van der Waals surface area contributed by atoms with E-state index in [0.29, 0.717) is 6.42 Å². The first-order valence-electron chi connectivity index (χ1n) is 6.95. The zero-order valence-corrected chi connectivity index (χ0v) is 13.7. The van der Waals surface area contributed by atoms with E-state index >= 15 is 0 Å². The van der Waals surface area contributed by atoms with Crippen LogP contribution in [-0.4, -0.2) is 0 Å². The van der Waals surface area contributed by atoms with Gasteiger partial charge < -0.3 is 5.73 Å². The maximum atomic E-state index is 6.51. The molecule has 2 N–H and O–H groups in total. The topological polar surface area (TPSA) is 26.0 Å². The first-order valence-corrected chi connectivity index (χ1v) is 8.14. The molecular formula is C19H16ClNS. The smallest absolute Gasteiger partial charge is 0.0667 e. The summed E-state index contributed by atoms with van der Waals surface area (Å²) in [6.07, 6.45) is 0.691. The van der Waals surface area contributed by atoms with Gasteiger partial charge in [0.1, 0.15) is 0 Å². The summed E-state index contributed by atoms with van der Waals surface area (Å²) in [5.41, 5.74) is 9.55. The van der Waals surface area contributed by atoms with Gasteiger partial charge in [-0.3, -0.25) is 0 Å². The van der Waals surface area contributed by atoms with Gasteiger partial charge >= 0.3 is 0 Å². The molecule has 0 saturated heterocycles. The molecule has 0 saturated carbocycles. The molecule has 2 aromatic carbocycles. The molecule has 0 unspecified atom stereocenters. The number of benzene rings is 2. The van der Waals surface area contributed by atoms with E-state index in [1.54, 1.807) is 11.3 Å².